The average molecular weight is 934 g/mol. The van der Waals surface area contributed by atoms with E-state index in [0.717, 1.165) is 94.5 Å². The fourth-order valence-corrected chi connectivity index (χ4v) is 9.79. The van der Waals surface area contributed by atoms with Crippen molar-refractivity contribution in [3.63, 3.8) is 0 Å². The average Bonchev–Trinajstić information content (AvgIpc) is 4.02. The number of nitrogens with two attached hydrogens (primary N) is 2. The molecule has 2 saturated heterocycles. The lowest BCUT2D eigenvalue weighted by Gasteiger charge is -2.33. The maximum absolute atomic E-state index is 13.2. The molecule has 0 saturated carbocycles. The van der Waals surface area contributed by atoms with Gasteiger partial charge in [-0.15, -0.1) is 0 Å². The molecule has 0 bridgehead atoms. The molecule has 0 unspecified atom stereocenters. The van der Waals surface area contributed by atoms with Crippen LogP contribution in [-0.4, -0.2) is 101 Å². The molecule has 1 amide bonds. The number of nitrogens with zero attached hydrogens (tertiary/aromatic N) is 5. The molecule has 2 fully saturated rings. The van der Waals surface area contributed by atoms with E-state index in [1.165, 1.54) is 45.0 Å². The maximum atomic E-state index is 13.2. The number of fused-ring (bicyclic) bond motifs is 2. The van der Waals surface area contributed by atoms with E-state index in [9.17, 15) is 14.4 Å². The Morgan fingerprint density at radius 1 is 0.471 bits per heavy atom. The summed E-state index contributed by atoms with van der Waals surface area (Å²) in [7, 11) is 1.42. The van der Waals surface area contributed by atoms with E-state index in [-0.39, 0.29) is 24.1 Å². The smallest absolute Gasteiger partial charge is 0.409 e. The number of rotatable bonds is 14. The number of Topliss-reactive ketones (excluding diaryl/α,β-unsaturated/α-hetero) is 2. The highest BCUT2D eigenvalue weighted by Gasteiger charge is 2.22. The van der Waals surface area contributed by atoms with Gasteiger partial charge in [-0.3, -0.25) is 14.5 Å². The van der Waals surface area contributed by atoms with Gasteiger partial charge >= 0.3 is 6.09 Å². The number of likely N-dealkylation sites (tertiary alicyclic amines) is 1. The lowest BCUT2D eigenvalue weighted by molar-refractivity contribution is 0.0900. The largest absolute Gasteiger partial charge is 0.453 e. The number of ether oxygens (including phenoxy) is 1. The van der Waals surface area contributed by atoms with Gasteiger partial charge in [0.15, 0.2) is 11.6 Å². The van der Waals surface area contributed by atoms with Crippen molar-refractivity contribution in [2.75, 3.05) is 70.9 Å². The van der Waals surface area contributed by atoms with Gasteiger partial charge < -0.3 is 35.1 Å². The molecule has 0 aliphatic carbocycles. The number of nitrogen functional groups attached to an aromatic ring is 2. The summed E-state index contributed by atoms with van der Waals surface area (Å²) in [6.07, 6.45) is 8.52. The van der Waals surface area contributed by atoms with Crippen LogP contribution in [0.25, 0.3) is 44.1 Å². The Bertz CT molecular complexity index is 3070. The number of methoxy groups -OCH3 is 1. The van der Waals surface area contributed by atoms with Gasteiger partial charge in [0.1, 0.15) is 0 Å². The Labute approximate surface area is 410 Å². The SMILES string of the molecule is COC(=O)N1CCN(CCn2ccc3cc(C(=O)Cc4cc(-c5ccccc5)ccc4N)ccc32)CC1.Nc1ccc(-c2ccccc2)cc1CC(=O)c1ccc2c(ccn2CCN2CCCCC2)c1. The molecule has 11 nitrogen and oxygen atoms in total. The zero-order chi connectivity index (χ0) is 48.4. The minimum atomic E-state index is -0.256. The molecule has 2 aliphatic heterocycles. The van der Waals surface area contributed by atoms with Crippen LogP contribution in [0.5, 0.6) is 0 Å². The first-order chi connectivity index (χ1) is 34.2. The van der Waals surface area contributed by atoms with Crippen LogP contribution in [0.4, 0.5) is 16.2 Å². The van der Waals surface area contributed by atoms with Crippen LogP contribution in [0, 0.1) is 0 Å². The summed E-state index contributed by atoms with van der Waals surface area (Å²) >= 11 is 0. The Kier molecular flexibility index (Phi) is 15.2. The van der Waals surface area contributed by atoms with Gasteiger partial charge in [-0.25, -0.2) is 4.79 Å². The van der Waals surface area contributed by atoms with Crippen molar-refractivity contribution in [1.82, 2.24) is 23.8 Å². The van der Waals surface area contributed by atoms with E-state index in [4.69, 9.17) is 16.2 Å². The summed E-state index contributed by atoms with van der Waals surface area (Å²) in [6.45, 7) is 9.28. The van der Waals surface area contributed by atoms with Crippen molar-refractivity contribution in [3.8, 4) is 22.3 Å². The second kappa shape index (κ2) is 22.3. The van der Waals surface area contributed by atoms with Crippen molar-refractivity contribution in [2.45, 2.75) is 45.2 Å². The van der Waals surface area contributed by atoms with Crippen molar-refractivity contribution < 1.29 is 19.1 Å². The first kappa shape index (κ1) is 47.6. The first-order valence-electron chi connectivity index (χ1n) is 24.6. The molecule has 11 heteroatoms. The fraction of sp³-hybridized carbons (Fsp3) is 0.271. The molecule has 8 aromatic rings. The molecule has 10 rings (SSSR count). The van der Waals surface area contributed by atoms with Crippen molar-refractivity contribution in [2.24, 2.45) is 0 Å². The van der Waals surface area contributed by atoms with E-state index in [1.807, 2.05) is 103 Å². The molecule has 358 valence electrons. The van der Waals surface area contributed by atoms with Crippen molar-refractivity contribution >= 4 is 50.8 Å². The summed E-state index contributed by atoms with van der Waals surface area (Å²) in [4.78, 5) is 44.7. The van der Waals surface area contributed by atoms with Crippen molar-refractivity contribution in [1.29, 1.82) is 0 Å². The highest BCUT2D eigenvalue weighted by molar-refractivity contribution is 6.02. The fourth-order valence-electron chi connectivity index (χ4n) is 9.79. The van der Waals surface area contributed by atoms with E-state index >= 15 is 0 Å². The van der Waals surface area contributed by atoms with Gasteiger partial charge in [0, 0.05) is 122 Å². The number of carbonyl (C=O) groups is 3. The third kappa shape index (κ3) is 11.5. The number of hydrogen-bond donors (Lipinski definition) is 2. The quantitative estimate of drug-likeness (QED) is 0.0814. The third-order valence-corrected chi connectivity index (χ3v) is 14.0. The molecule has 4 heterocycles. The van der Waals surface area contributed by atoms with Crippen LogP contribution in [-0.2, 0) is 30.7 Å². The van der Waals surface area contributed by atoms with Crippen LogP contribution in [0.3, 0.4) is 0 Å². The maximum Gasteiger partial charge on any atom is 0.409 e. The van der Waals surface area contributed by atoms with Crippen LogP contribution in [0.15, 0.2) is 158 Å². The number of amides is 1. The van der Waals surface area contributed by atoms with Crippen LogP contribution in [0.1, 0.15) is 51.1 Å². The van der Waals surface area contributed by atoms with E-state index < -0.39 is 0 Å². The minimum absolute atomic E-state index is 0.0510. The predicted molar refractivity (Wildman–Crippen MR) is 283 cm³/mol. The number of piperidine rings is 1. The molecule has 4 N–H and O–H groups in total. The molecule has 6 aromatic carbocycles. The Morgan fingerprint density at radius 3 is 1.39 bits per heavy atom. The number of aromatic nitrogens is 2. The van der Waals surface area contributed by atoms with Crippen LogP contribution < -0.4 is 11.5 Å². The highest BCUT2D eigenvalue weighted by Crippen LogP contribution is 2.28. The zero-order valence-corrected chi connectivity index (χ0v) is 40.1. The second-order valence-corrected chi connectivity index (χ2v) is 18.5. The minimum Gasteiger partial charge on any atom is -0.453 e. The van der Waals surface area contributed by atoms with Gasteiger partial charge in [0.2, 0.25) is 0 Å². The molecule has 2 aliphatic rings. The van der Waals surface area contributed by atoms with Gasteiger partial charge in [0.25, 0.3) is 0 Å². The van der Waals surface area contributed by atoms with Crippen LogP contribution in [0.2, 0.25) is 0 Å². The monoisotopic (exact) mass is 933 g/mol. The molecule has 70 heavy (non-hydrogen) atoms. The Hall–Kier alpha value is -7.47. The van der Waals surface area contributed by atoms with Crippen LogP contribution >= 0.6 is 0 Å². The molecule has 2 aromatic heterocycles. The summed E-state index contributed by atoms with van der Waals surface area (Å²) in [6, 6.07) is 48.3. The Balaban J connectivity index is 0.000000175. The summed E-state index contributed by atoms with van der Waals surface area (Å²) in [5.41, 5.74) is 23.5. The molecular formula is C59H63N7O4. The van der Waals surface area contributed by atoms with Gasteiger partial charge in [-0.1, -0.05) is 79.2 Å². The lowest BCUT2D eigenvalue weighted by Crippen LogP contribution is -2.49. The summed E-state index contributed by atoms with van der Waals surface area (Å²) in [5, 5.41) is 2.16. The van der Waals surface area contributed by atoms with Gasteiger partial charge in [-0.2, -0.15) is 0 Å². The molecule has 0 spiro atoms. The van der Waals surface area contributed by atoms with E-state index in [2.05, 4.69) is 73.8 Å². The number of piperazine rings is 1. The second-order valence-electron chi connectivity index (χ2n) is 18.5. The molecule has 0 atom stereocenters. The number of carbonyl (C=O) groups excluding carboxylic acids is 3. The topological polar surface area (TPSA) is 132 Å². The first-order valence-corrected chi connectivity index (χ1v) is 24.6. The number of hydrogen-bond acceptors (Lipinski definition) is 8. The van der Waals surface area contributed by atoms with E-state index in [0.29, 0.717) is 36.4 Å². The van der Waals surface area contributed by atoms with Crippen molar-refractivity contribution in [3.05, 3.63) is 180 Å². The summed E-state index contributed by atoms with van der Waals surface area (Å²) in [5.74, 6) is 0.143. The number of ketones is 2. The highest BCUT2D eigenvalue weighted by atomic mass is 16.5. The number of anilines is 2. The predicted octanol–water partition coefficient (Wildman–Crippen LogP) is 10.5. The molecule has 0 radical (unpaired) electrons. The zero-order valence-electron chi connectivity index (χ0n) is 40.1. The van der Waals surface area contributed by atoms with Gasteiger partial charge in [-0.05, 0) is 132 Å². The number of benzene rings is 6. The van der Waals surface area contributed by atoms with Gasteiger partial charge in [0.05, 0.1) is 7.11 Å². The standard InChI is InChI=1S/C30H32N4O3.C29H31N3O/c1-37-30(36)34-17-14-32(15-18-34)13-16-33-12-11-24-20-25(8-10-28(24)33)29(35)21-26-19-23(7-9-27(26)31)22-5-3-2-4-6-22;30-27-11-9-23(22-7-3-1-4-8-22)19-26(27)21-29(33)25-10-12-28-24(20-25)13-16-32(28)18-17-31-14-5-2-6-15-31/h2-12,19-20H,13-18,21,31H2,1H3;1,3-4,7-13,16,19-20H,2,5-6,14-15,17-18,21,30H2. The van der Waals surface area contributed by atoms with E-state index in [1.54, 1.807) is 4.90 Å². The molecular weight excluding hydrogens is 871 g/mol. The Morgan fingerprint density at radius 2 is 0.929 bits per heavy atom. The third-order valence-electron chi connectivity index (χ3n) is 14.0. The lowest BCUT2D eigenvalue weighted by atomic mass is 9.97. The normalized spacial score (nSPS) is 14.3. The summed E-state index contributed by atoms with van der Waals surface area (Å²) < 4.78 is 9.34.